The van der Waals surface area contributed by atoms with Gasteiger partial charge in [-0.2, -0.15) is 0 Å². The Balaban J connectivity index is 2.89. The monoisotopic (exact) mass is 141 g/mol. The molecule has 0 radical (unpaired) electrons. The summed E-state index contributed by atoms with van der Waals surface area (Å²) in [6, 6.07) is 0. The van der Waals surface area contributed by atoms with Crippen molar-refractivity contribution in [2.24, 2.45) is 5.92 Å². The van der Waals surface area contributed by atoms with E-state index in [1.165, 1.54) is 6.08 Å². The number of rotatable bonds is 0. The van der Waals surface area contributed by atoms with Crippen molar-refractivity contribution >= 4 is 5.91 Å². The molecular formula is C7H8FNO. The molecule has 0 spiro atoms. The van der Waals surface area contributed by atoms with Crippen molar-refractivity contribution < 1.29 is 9.18 Å². The van der Waals surface area contributed by atoms with E-state index in [9.17, 15) is 9.18 Å². The van der Waals surface area contributed by atoms with Gasteiger partial charge in [0.05, 0.1) is 0 Å². The minimum atomic E-state index is -0.722. The second-order valence-corrected chi connectivity index (χ2v) is 2.28. The molecule has 0 aromatic heterocycles. The van der Waals surface area contributed by atoms with Gasteiger partial charge in [-0.1, -0.05) is 13.5 Å². The Morgan fingerprint density at radius 2 is 2.40 bits per heavy atom. The van der Waals surface area contributed by atoms with E-state index in [1.54, 1.807) is 6.92 Å². The first kappa shape index (κ1) is 6.99. The molecule has 0 bridgehead atoms. The van der Waals surface area contributed by atoms with Gasteiger partial charge in [0.15, 0.2) is 5.83 Å². The van der Waals surface area contributed by atoms with Crippen molar-refractivity contribution in [3.05, 3.63) is 24.2 Å². The van der Waals surface area contributed by atoms with Crippen LogP contribution in [-0.4, -0.2) is 5.91 Å². The summed E-state index contributed by atoms with van der Waals surface area (Å²) in [5, 5.41) is 2.30. The Hall–Kier alpha value is -1.12. The molecule has 1 N–H and O–H groups in total. The topological polar surface area (TPSA) is 29.1 Å². The van der Waals surface area contributed by atoms with Crippen LogP contribution < -0.4 is 5.32 Å². The third-order valence-electron chi connectivity index (χ3n) is 1.44. The number of carbonyl (C=O) groups is 1. The Labute approximate surface area is 58.4 Å². The van der Waals surface area contributed by atoms with Crippen LogP contribution in [0, 0.1) is 5.92 Å². The zero-order valence-electron chi connectivity index (χ0n) is 5.65. The average molecular weight is 141 g/mol. The van der Waals surface area contributed by atoms with Gasteiger partial charge >= 0.3 is 0 Å². The molecule has 0 aromatic carbocycles. The smallest absolute Gasteiger partial charge is 0.283 e. The SMILES string of the molecule is C=C1NC(=O)C(F)=CC1C. The Morgan fingerprint density at radius 1 is 1.80 bits per heavy atom. The van der Waals surface area contributed by atoms with Crippen LogP contribution in [-0.2, 0) is 4.79 Å². The fourth-order valence-corrected chi connectivity index (χ4v) is 0.715. The minimum Gasteiger partial charge on any atom is -0.324 e. The molecule has 54 valence electrons. The van der Waals surface area contributed by atoms with Gasteiger partial charge in [-0.3, -0.25) is 4.79 Å². The van der Waals surface area contributed by atoms with E-state index in [-0.39, 0.29) is 5.92 Å². The molecule has 2 nitrogen and oxygen atoms in total. The van der Waals surface area contributed by atoms with Crippen LogP contribution in [0.25, 0.3) is 0 Å². The summed E-state index contributed by atoms with van der Waals surface area (Å²) in [4.78, 5) is 10.5. The predicted octanol–water partition coefficient (Wildman–Crippen LogP) is 1.12. The van der Waals surface area contributed by atoms with Crippen LogP contribution in [0.5, 0.6) is 0 Å². The molecule has 10 heavy (non-hydrogen) atoms. The lowest BCUT2D eigenvalue weighted by molar-refractivity contribution is -0.118. The highest BCUT2D eigenvalue weighted by Crippen LogP contribution is 2.16. The predicted molar refractivity (Wildman–Crippen MR) is 35.6 cm³/mol. The summed E-state index contributed by atoms with van der Waals surface area (Å²) in [6.45, 7) is 5.30. The number of allylic oxidation sites excluding steroid dienone is 1. The van der Waals surface area contributed by atoms with Gasteiger partial charge < -0.3 is 5.32 Å². The third kappa shape index (κ3) is 1.07. The van der Waals surface area contributed by atoms with E-state index < -0.39 is 11.7 Å². The highest BCUT2D eigenvalue weighted by Gasteiger charge is 2.19. The molecule has 3 heteroatoms. The van der Waals surface area contributed by atoms with Gasteiger partial charge in [0, 0.05) is 11.6 Å². The minimum absolute atomic E-state index is 0.0994. The lowest BCUT2D eigenvalue weighted by atomic mass is 10.1. The normalized spacial score (nSPS) is 25.8. The maximum atomic E-state index is 12.4. The van der Waals surface area contributed by atoms with E-state index in [4.69, 9.17) is 0 Å². The second kappa shape index (κ2) is 2.25. The molecule has 1 unspecified atom stereocenters. The van der Waals surface area contributed by atoms with Crippen LogP contribution in [0.2, 0.25) is 0 Å². The standard InChI is InChI=1S/C7H8FNO/c1-4-3-6(8)7(10)9-5(4)2/h3-4H,2H2,1H3,(H,9,10). The summed E-state index contributed by atoms with van der Waals surface area (Å²) in [7, 11) is 0. The van der Waals surface area contributed by atoms with E-state index in [0.717, 1.165) is 0 Å². The quantitative estimate of drug-likeness (QED) is 0.538. The fourth-order valence-electron chi connectivity index (χ4n) is 0.715. The maximum Gasteiger partial charge on any atom is 0.283 e. The maximum absolute atomic E-state index is 12.4. The zero-order valence-corrected chi connectivity index (χ0v) is 5.65. The van der Waals surface area contributed by atoms with E-state index in [0.29, 0.717) is 5.70 Å². The number of carbonyl (C=O) groups excluding carboxylic acids is 1. The molecule has 1 heterocycles. The number of nitrogens with one attached hydrogen (secondary N) is 1. The molecule has 1 rings (SSSR count). The summed E-state index contributed by atoms with van der Waals surface area (Å²) < 4.78 is 12.4. The van der Waals surface area contributed by atoms with Crippen molar-refractivity contribution in [3.63, 3.8) is 0 Å². The van der Waals surface area contributed by atoms with Gasteiger partial charge in [-0.25, -0.2) is 4.39 Å². The van der Waals surface area contributed by atoms with Crippen molar-refractivity contribution in [1.82, 2.24) is 5.32 Å². The second-order valence-electron chi connectivity index (χ2n) is 2.28. The summed E-state index contributed by atoms with van der Waals surface area (Å²) >= 11 is 0. The van der Waals surface area contributed by atoms with Crippen LogP contribution in [0.3, 0.4) is 0 Å². The Bertz CT molecular complexity index is 220. The van der Waals surface area contributed by atoms with Gasteiger partial charge in [0.25, 0.3) is 5.91 Å². The summed E-state index contributed by atoms with van der Waals surface area (Å²) in [5.74, 6) is -1.51. The number of hydrogen-bond acceptors (Lipinski definition) is 1. The largest absolute Gasteiger partial charge is 0.324 e. The van der Waals surface area contributed by atoms with Crippen molar-refractivity contribution in [2.75, 3.05) is 0 Å². The molecule has 1 aliphatic heterocycles. The summed E-state index contributed by atoms with van der Waals surface area (Å²) in [5.41, 5.74) is 0.548. The van der Waals surface area contributed by atoms with Crippen LogP contribution in [0.1, 0.15) is 6.92 Å². The highest BCUT2D eigenvalue weighted by molar-refractivity contribution is 5.93. The molecule has 0 aliphatic carbocycles. The zero-order chi connectivity index (χ0) is 7.72. The molecule has 0 saturated heterocycles. The van der Waals surface area contributed by atoms with Gasteiger partial charge in [0.1, 0.15) is 0 Å². The first-order valence-electron chi connectivity index (χ1n) is 2.98. The molecular weight excluding hydrogens is 133 g/mol. The van der Waals surface area contributed by atoms with Crippen LogP contribution >= 0.6 is 0 Å². The fraction of sp³-hybridized carbons (Fsp3) is 0.286. The lowest BCUT2D eigenvalue weighted by Crippen LogP contribution is -2.29. The molecule has 0 saturated carbocycles. The summed E-state index contributed by atoms with van der Waals surface area (Å²) in [6.07, 6.45) is 1.25. The van der Waals surface area contributed by atoms with Crippen molar-refractivity contribution in [1.29, 1.82) is 0 Å². The van der Waals surface area contributed by atoms with E-state index in [1.807, 2.05) is 0 Å². The van der Waals surface area contributed by atoms with Crippen molar-refractivity contribution in [2.45, 2.75) is 6.92 Å². The Kier molecular flexibility index (Phi) is 1.57. The number of halogens is 1. The van der Waals surface area contributed by atoms with Gasteiger partial charge in [0.2, 0.25) is 0 Å². The molecule has 0 fully saturated rings. The van der Waals surface area contributed by atoms with Crippen LogP contribution in [0.15, 0.2) is 24.2 Å². The van der Waals surface area contributed by atoms with Crippen molar-refractivity contribution in [3.8, 4) is 0 Å². The number of amides is 1. The lowest BCUT2D eigenvalue weighted by Gasteiger charge is -2.16. The van der Waals surface area contributed by atoms with E-state index >= 15 is 0 Å². The Morgan fingerprint density at radius 3 is 2.90 bits per heavy atom. The molecule has 1 aliphatic rings. The third-order valence-corrected chi connectivity index (χ3v) is 1.44. The number of hydrogen-bond donors (Lipinski definition) is 1. The van der Waals surface area contributed by atoms with E-state index in [2.05, 4.69) is 11.9 Å². The van der Waals surface area contributed by atoms with Gasteiger partial charge in [-0.05, 0) is 6.08 Å². The van der Waals surface area contributed by atoms with Crippen LogP contribution in [0.4, 0.5) is 4.39 Å². The molecule has 1 atom stereocenters. The van der Waals surface area contributed by atoms with Gasteiger partial charge in [-0.15, -0.1) is 0 Å². The first-order valence-corrected chi connectivity index (χ1v) is 2.98. The molecule has 0 aromatic rings. The average Bonchev–Trinajstić information content (AvgIpc) is 1.84. The highest BCUT2D eigenvalue weighted by atomic mass is 19.1. The molecule has 1 amide bonds. The first-order chi connectivity index (χ1) is 4.61.